The van der Waals surface area contributed by atoms with Crippen LogP contribution in [-0.4, -0.2) is 29.4 Å². The van der Waals surface area contributed by atoms with Crippen molar-refractivity contribution in [2.24, 2.45) is 0 Å². The van der Waals surface area contributed by atoms with Gasteiger partial charge in [0.2, 0.25) is 5.91 Å². The number of pyridine rings is 1. The molecule has 1 atom stereocenters. The van der Waals surface area contributed by atoms with Crippen molar-refractivity contribution in [1.29, 1.82) is 0 Å². The van der Waals surface area contributed by atoms with Crippen molar-refractivity contribution in [1.82, 2.24) is 10.3 Å². The maximum Gasteiger partial charge on any atom is 0.262 e. The number of nitrogens with one attached hydrogen (secondary N) is 2. The van der Waals surface area contributed by atoms with E-state index in [1.54, 1.807) is 30.6 Å². The molecule has 1 aliphatic heterocycles. The highest BCUT2D eigenvalue weighted by Gasteiger charge is 2.42. The lowest BCUT2D eigenvalue weighted by atomic mass is 10.2. The first-order valence-electron chi connectivity index (χ1n) is 7.66. The largest absolute Gasteiger partial charge is 0.487 e. The lowest BCUT2D eigenvalue weighted by Gasteiger charge is -2.13. The first-order chi connectivity index (χ1) is 11.9. The van der Waals surface area contributed by atoms with Crippen LogP contribution in [0.1, 0.15) is 12.0 Å². The van der Waals surface area contributed by atoms with Crippen LogP contribution in [0.2, 0.25) is 5.02 Å². The van der Waals surface area contributed by atoms with Gasteiger partial charge >= 0.3 is 0 Å². The molecule has 2 heterocycles. The van der Waals surface area contributed by atoms with Crippen LogP contribution in [-0.2, 0) is 11.4 Å². The minimum absolute atomic E-state index is 0. The second kappa shape index (κ2) is 10.0. The molecule has 148 valence electrons. The van der Waals surface area contributed by atoms with Crippen LogP contribution in [0.15, 0.2) is 42.7 Å². The standard InChI is InChI=1S/C17H16ClF2N3O2.2ClH/c18-13-6-12(23-16(24)14-7-17(19,20)10-22-14)3-4-15(13)25-9-11-2-1-5-21-8-11;;/h1-6,8,14,22H,7,9-10H2,(H,23,24);2*1H. The number of nitrogens with zero attached hydrogens (tertiary/aromatic N) is 1. The Balaban J connectivity index is 0.00000182. The van der Waals surface area contributed by atoms with Gasteiger partial charge < -0.3 is 10.1 Å². The summed E-state index contributed by atoms with van der Waals surface area (Å²) < 4.78 is 31.9. The Morgan fingerprint density at radius 2 is 2.15 bits per heavy atom. The third-order valence-corrected chi connectivity index (χ3v) is 4.04. The van der Waals surface area contributed by atoms with E-state index in [1.807, 2.05) is 6.07 Å². The van der Waals surface area contributed by atoms with Crippen molar-refractivity contribution < 1.29 is 18.3 Å². The highest BCUT2D eigenvalue weighted by atomic mass is 35.5. The summed E-state index contributed by atoms with van der Waals surface area (Å²) in [7, 11) is 0. The molecule has 10 heteroatoms. The Kier molecular flexibility index (Phi) is 8.68. The van der Waals surface area contributed by atoms with Crippen LogP contribution < -0.4 is 15.4 Å². The molecule has 5 nitrogen and oxygen atoms in total. The normalized spacial score (nSPS) is 17.4. The molecule has 0 saturated carbocycles. The smallest absolute Gasteiger partial charge is 0.262 e. The quantitative estimate of drug-likeness (QED) is 0.735. The summed E-state index contributed by atoms with van der Waals surface area (Å²) in [5.41, 5.74) is 1.31. The lowest BCUT2D eigenvalue weighted by molar-refractivity contribution is -0.118. The van der Waals surface area contributed by atoms with E-state index in [0.717, 1.165) is 5.56 Å². The molecule has 1 saturated heterocycles. The summed E-state index contributed by atoms with van der Waals surface area (Å²) >= 11 is 6.16. The Hall–Kier alpha value is -1.67. The zero-order chi connectivity index (χ0) is 17.9. The van der Waals surface area contributed by atoms with Crippen LogP contribution in [0, 0.1) is 0 Å². The van der Waals surface area contributed by atoms with Crippen molar-refractivity contribution in [2.75, 3.05) is 11.9 Å². The number of halogens is 5. The van der Waals surface area contributed by atoms with Crippen LogP contribution in [0.25, 0.3) is 0 Å². The molecule has 3 rings (SSSR count). The fourth-order valence-corrected chi connectivity index (χ4v) is 2.71. The van der Waals surface area contributed by atoms with E-state index in [2.05, 4.69) is 15.6 Å². The van der Waals surface area contributed by atoms with Gasteiger partial charge in [-0.25, -0.2) is 8.78 Å². The minimum atomic E-state index is -2.86. The van der Waals surface area contributed by atoms with Gasteiger partial charge in [0.15, 0.2) is 0 Å². The molecule has 0 radical (unpaired) electrons. The molecule has 0 spiro atoms. The summed E-state index contributed by atoms with van der Waals surface area (Å²) in [4.78, 5) is 16.0. The first kappa shape index (κ1) is 23.4. The molecule has 0 bridgehead atoms. The fraction of sp³-hybridized carbons (Fsp3) is 0.294. The SMILES string of the molecule is Cl.Cl.O=C(Nc1ccc(OCc2cccnc2)c(Cl)c1)C1CC(F)(F)CN1. The molecule has 1 unspecified atom stereocenters. The van der Waals surface area contributed by atoms with Gasteiger partial charge in [-0.1, -0.05) is 17.7 Å². The molecular formula is C17H18Cl3F2N3O2. The number of hydrogen-bond acceptors (Lipinski definition) is 4. The molecular weight excluding hydrogens is 423 g/mol. The molecule has 1 amide bonds. The van der Waals surface area contributed by atoms with Crippen molar-refractivity contribution in [3.05, 3.63) is 53.3 Å². The van der Waals surface area contributed by atoms with Crippen LogP contribution >= 0.6 is 36.4 Å². The van der Waals surface area contributed by atoms with E-state index in [-0.39, 0.29) is 24.8 Å². The van der Waals surface area contributed by atoms with Gasteiger partial charge in [0.25, 0.3) is 5.92 Å². The molecule has 27 heavy (non-hydrogen) atoms. The van der Waals surface area contributed by atoms with E-state index in [4.69, 9.17) is 16.3 Å². The number of amides is 1. The zero-order valence-electron chi connectivity index (χ0n) is 14.0. The highest BCUT2D eigenvalue weighted by molar-refractivity contribution is 6.32. The number of rotatable bonds is 5. The number of alkyl halides is 2. The van der Waals surface area contributed by atoms with Crippen LogP contribution in [0.4, 0.5) is 14.5 Å². The Bertz CT molecular complexity index is 766. The second-order valence-corrected chi connectivity index (χ2v) is 6.19. The molecule has 1 fully saturated rings. The van der Waals surface area contributed by atoms with E-state index in [0.29, 0.717) is 23.1 Å². The number of aromatic nitrogens is 1. The lowest BCUT2D eigenvalue weighted by Crippen LogP contribution is -2.35. The highest BCUT2D eigenvalue weighted by Crippen LogP contribution is 2.29. The maximum absolute atomic E-state index is 13.2. The summed E-state index contributed by atoms with van der Waals surface area (Å²) in [6, 6.07) is 7.50. The summed E-state index contributed by atoms with van der Waals surface area (Å²) in [6.07, 6.45) is 2.84. The number of hydrogen-bond donors (Lipinski definition) is 2. The number of carbonyl (C=O) groups is 1. The Morgan fingerprint density at radius 3 is 2.74 bits per heavy atom. The van der Waals surface area contributed by atoms with Gasteiger partial charge in [0.05, 0.1) is 17.6 Å². The summed E-state index contributed by atoms with van der Waals surface area (Å²) in [5.74, 6) is -2.92. The summed E-state index contributed by atoms with van der Waals surface area (Å²) in [5, 5.41) is 5.40. The third-order valence-electron chi connectivity index (χ3n) is 3.74. The Morgan fingerprint density at radius 1 is 1.37 bits per heavy atom. The number of benzene rings is 1. The predicted molar refractivity (Wildman–Crippen MR) is 105 cm³/mol. The molecule has 1 aromatic carbocycles. The van der Waals surface area contributed by atoms with Gasteiger partial charge in [0.1, 0.15) is 12.4 Å². The number of anilines is 1. The van der Waals surface area contributed by atoms with Gasteiger partial charge in [-0.05, 0) is 24.3 Å². The molecule has 2 N–H and O–H groups in total. The zero-order valence-corrected chi connectivity index (χ0v) is 16.3. The second-order valence-electron chi connectivity index (χ2n) is 5.78. The van der Waals surface area contributed by atoms with Crippen molar-refractivity contribution in [2.45, 2.75) is 25.0 Å². The van der Waals surface area contributed by atoms with Gasteiger partial charge in [-0.15, -0.1) is 24.8 Å². The third kappa shape index (κ3) is 6.46. The van der Waals surface area contributed by atoms with Gasteiger partial charge in [-0.3, -0.25) is 15.1 Å². The van der Waals surface area contributed by atoms with Crippen LogP contribution in [0.5, 0.6) is 5.75 Å². The van der Waals surface area contributed by atoms with E-state index >= 15 is 0 Å². The van der Waals surface area contributed by atoms with Gasteiger partial charge in [0, 0.05) is 30.1 Å². The monoisotopic (exact) mass is 439 g/mol. The summed E-state index contributed by atoms with van der Waals surface area (Å²) in [6.45, 7) is -0.187. The van der Waals surface area contributed by atoms with E-state index in [1.165, 1.54) is 6.07 Å². The topological polar surface area (TPSA) is 63.2 Å². The van der Waals surface area contributed by atoms with Crippen LogP contribution in [0.3, 0.4) is 0 Å². The Labute approximate surface area is 172 Å². The van der Waals surface area contributed by atoms with Crippen molar-refractivity contribution >= 4 is 48.0 Å². The maximum atomic E-state index is 13.2. The average Bonchev–Trinajstić information content (AvgIpc) is 2.95. The van der Waals surface area contributed by atoms with Gasteiger partial charge in [-0.2, -0.15) is 0 Å². The minimum Gasteiger partial charge on any atom is -0.487 e. The first-order valence-corrected chi connectivity index (χ1v) is 8.04. The van der Waals surface area contributed by atoms with E-state index < -0.39 is 30.8 Å². The molecule has 1 aliphatic rings. The van der Waals surface area contributed by atoms with E-state index in [9.17, 15) is 13.6 Å². The molecule has 0 aliphatic carbocycles. The molecule has 2 aromatic rings. The predicted octanol–water partition coefficient (Wildman–Crippen LogP) is 4.09. The van der Waals surface area contributed by atoms with Crippen molar-refractivity contribution in [3.63, 3.8) is 0 Å². The average molecular weight is 441 g/mol. The fourth-order valence-electron chi connectivity index (χ4n) is 2.47. The number of ether oxygens (including phenoxy) is 1. The number of carbonyl (C=O) groups excluding carboxylic acids is 1. The van der Waals surface area contributed by atoms with Crippen molar-refractivity contribution in [3.8, 4) is 5.75 Å². The molecule has 1 aromatic heterocycles.